The fourth-order valence-electron chi connectivity index (χ4n) is 3.86. The molecule has 2 aliphatic rings. The average Bonchev–Trinajstić information content (AvgIpc) is 3.36. The van der Waals surface area contributed by atoms with Crippen molar-refractivity contribution in [3.05, 3.63) is 41.6 Å². The fraction of sp³-hybridized carbons (Fsp3) is 0.476. The van der Waals surface area contributed by atoms with Gasteiger partial charge in [0.2, 0.25) is 10.0 Å². The number of benzene rings is 1. The van der Waals surface area contributed by atoms with Crippen LogP contribution in [0.5, 0.6) is 11.5 Å². The summed E-state index contributed by atoms with van der Waals surface area (Å²) in [5, 5.41) is 3.31. The molecular formula is C21H28N3O4S+. The molecule has 1 saturated heterocycles. The highest BCUT2D eigenvalue weighted by Gasteiger charge is 2.28. The van der Waals surface area contributed by atoms with Crippen molar-refractivity contribution >= 4 is 15.8 Å². The number of aromatic nitrogens is 1. The van der Waals surface area contributed by atoms with Gasteiger partial charge in [0.1, 0.15) is 35.2 Å². The molecule has 1 aromatic carbocycles. The minimum Gasteiger partial charge on any atom is -0.493 e. The normalized spacial score (nSPS) is 19.0. The zero-order chi connectivity index (χ0) is 20.4. The molecule has 2 aromatic rings. The zero-order valence-corrected chi connectivity index (χ0v) is 17.7. The number of nitrogens with zero attached hydrogens (tertiary/aromatic N) is 1. The van der Waals surface area contributed by atoms with Crippen LogP contribution in [-0.4, -0.2) is 38.5 Å². The van der Waals surface area contributed by atoms with Crippen LogP contribution in [0.1, 0.15) is 37.8 Å². The Kier molecular flexibility index (Phi) is 5.65. The lowest BCUT2D eigenvalue weighted by molar-refractivity contribution is -0.364. The molecule has 29 heavy (non-hydrogen) atoms. The van der Waals surface area contributed by atoms with Crippen molar-refractivity contribution in [1.82, 2.24) is 4.31 Å². The molecule has 0 bridgehead atoms. The molecule has 0 amide bonds. The van der Waals surface area contributed by atoms with Gasteiger partial charge in [0, 0.05) is 36.7 Å². The summed E-state index contributed by atoms with van der Waals surface area (Å²) in [5.74, 6) is 2.50. The summed E-state index contributed by atoms with van der Waals surface area (Å²) < 4.78 is 38.5. The fourth-order valence-corrected chi connectivity index (χ4v) is 5.34. The number of rotatable bonds is 7. The smallest absolute Gasteiger partial charge is 0.272 e. The highest BCUT2D eigenvalue weighted by atomic mass is 32.2. The second-order valence-corrected chi connectivity index (χ2v) is 9.47. The number of aromatic amines is 1. The van der Waals surface area contributed by atoms with Crippen molar-refractivity contribution in [3.63, 3.8) is 0 Å². The first kappa shape index (κ1) is 20.0. The molecule has 1 atom stereocenters. The Morgan fingerprint density at radius 2 is 2.07 bits per heavy atom. The van der Waals surface area contributed by atoms with E-state index in [-0.39, 0.29) is 6.10 Å². The Hall–Kier alpha value is -2.32. The standard InChI is InChI=1S/C21H27N3O4S/c1-3-27-19-11-16-10-15(2)28-20(16)12-17(19)13-22-21-7-6-18(14-23-21)29(25,26)24-8-4-5-9-24/h6-7,11-12,14-15H,3-5,8-10,13H2,1-2H3,(H,22,23)/p+1/t15-/m1/s1. The number of H-pyrrole nitrogens is 1. The van der Waals surface area contributed by atoms with Gasteiger partial charge in [-0.3, -0.25) is 5.32 Å². The molecule has 156 valence electrons. The minimum atomic E-state index is -3.41. The van der Waals surface area contributed by atoms with Gasteiger partial charge in [0.15, 0.2) is 0 Å². The maximum atomic E-state index is 12.6. The second-order valence-electron chi connectivity index (χ2n) is 7.54. The van der Waals surface area contributed by atoms with Gasteiger partial charge in [-0.15, -0.1) is 0 Å². The first-order chi connectivity index (χ1) is 14.0. The number of anilines is 1. The van der Waals surface area contributed by atoms with Crippen LogP contribution < -0.4 is 19.8 Å². The minimum absolute atomic E-state index is 0.182. The average molecular weight is 419 g/mol. The van der Waals surface area contributed by atoms with E-state index in [1.807, 2.05) is 13.0 Å². The molecule has 1 aromatic heterocycles. The zero-order valence-electron chi connectivity index (χ0n) is 16.9. The molecule has 4 rings (SSSR count). The molecule has 7 nitrogen and oxygen atoms in total. The predicted octanol–water partition coefficient (Wildman–Crippen LogP) is 2.62. The van der Waals surface area contributed by atoms with Crippen molar-refractivity contribution in [1.29, 1.82) is 0 Å². The van der Waals surface area contributed by atoms with Gasteiger partial charge in [-0.2, -0.15) is 4.31 Å². The second kappa shape index (κ2) is 8.20. The predicted molar refractivity (Wildman–Crippen MR) is 110 cm³/mol. The molecule has 0 spiro atoms. The summed E-state index contributed by atoms with van der Waals surface area (Å²) in [6, 6.07) is 7.50. The molecule has 0 radical (unpaired) electrons. The largest absolute Gasteiger partial charge is 0.493 e. The molecule has 2 aliphatic heterocycles. The van der Waals surface area contributed by atoms with Crippen molar-refractivity contribution in [2.45, 2.75) is 50.7 Å². The van der Waals surface area contributed by atoms with E-state index in [9.17, 15) is 8.42 Å². The third-order valence-corrected chi connectivity index (χ3v) is 7.23. The quantitative estimate of drug-likeness (QED) is 0.748. The highest BCUT2D eigenvalue weighted by molar-refractivity contribution is 7.89. The summed E-state index contributed by atoms with van der Waals surface area (Å²) in [7, 11) is -3.41. The number of ether oxygens (including phenoxy) is 2. The number of sulfonamides is 1. The van der Waals surface area contributed by atoms with Crippen LogP contribution in [0, 0.1) is 0 Å². The first-order valence-corrected chi connectivity index (χ1v) is 11.6. The number of hydrogen-bond donors (Lipinski definition) is 1. The van der Waals surface area contributed by atoms with Gasteiger partial charge in [-0.05, 0) is 44.9 Å². The Labute approximate surface area is 172 Å². The first-order valence-electron chi connectivity index (χ1n) is 10.2. The van der Waals surface area contributed by atoms with Crippen molar-refractivity contribution in [2.24, 2.45) is 0 Å². The van der Waals surface area contributed by atoms with Crippen molar-refractivity contribution in [3.8, 4) is 11.5 Å². The lowest BCUT2D eigenvalue weighted by Crippen LogP contribution is -2.29. The molecule has 3 heterocycles. The van der Waals surface area contributed by atoms with Crippen LogP contribution in [0.25, 0.3) is 0 Å². The van der Waals surface area contributed by atoms with Gasteiger partial charge >= 0.3 is 0 Å². The maximum Gasteiger partial charge on any atom is 0.272 e. The van der Waals surface area contributed by atoms with E-state index in [1.165, 1.54) is 5.56 Å². The van der Waals surface area contributed by atoms with Crippen LogP contribution in [0.15, 0.2) is 35.4 Å². The number of hydrogen-bond acceptors (Lipinski definition) is 5. The van der Waals surface area contributed by atoms with E-state index in [0.29, 0.717) is 31.1 Å². The number of pyridine rings is 1. The summed E-state index contributed by atoms with van der Waals surface area (Å²) >= 11 is 0. The lowest BCUT2D eigenvalue weighted by Gasteiger charge is -2.14. The summed E-state index contributed by atoms with van der Waals surface area (Å²) in [6.07, 6.45) is 4.47. The molecule has 8 heteroatoms. The van der Waals surface area contributed by atoms with E-state index < -0.39 is 10.0 Å². The molecule has 0 saturated carbocycles. The van der Waals surface area contributed by atoms with Crippen molar-refractivity contribution in [2.75, 3.05) is 25.0 Å². The van der Waals surface area contributed by atoms with Gasteiger partial charge in [-0.25, -0.2) is 13.4 Å². The molecular weight excluding hydrogens is 390 g/mol. The lowest BCUT2D eigenvalue weighted by atomic mass is 10.1. The third kappa shape index (κ3) is 4.18. The van der Waals surface area contributed by atoms with Crippen molar-refractivity contribution < 1.29 is 22.9 Å². The number of fused-ring (bicyclic) bond motifs is 1. The molecule has 1 fully saturated rings. The molecule has 2 N–H and O–H groups in total. The highest BCUT2D eigenvalue weighted by Crippen LogP contribution is 2.35. The Morgan fingerprint density at radius 3 is 2.76 bits per heavy atom. The SMILES string of the molecule is CCOc1cc2c(cc1CNc1ccc(S(=O)(=O)N3CCCC3)c[nH+]1)O[C@H](C)C2. The van der Waals surface area contributed by atoms with Crippen LogP contribution in [0.3, 0.4) is 0 Å². The summed E-state index contributed by atoms with van der Waals surface area (Å²) in [4.78, 5) is 3.35. The van der Waals surface area contributed by atoms with E-state index in [0.717, 1.165) is 42.1 Å². The summed E-state index contributed by atoms with van der Waals surface area (Å²) in [6.45, 7) is 6.36. The summed E-state index contributed by atoms with van der Waals surface area (Å²) in [5.41, 5.74) is 2.18. The Balaban J connectivity index is 1.47. The van der Waals surface area contributed by atoms with E-state index >= 15 is 0 Å². The van der Waals surface area contributed by atoms with Gasteiger partial charge in [0.05, 0.1) is 6.61 Å². The van der Waals surface area contributed by atoms with Crippen LogP contribution >= 0.6 is 0 Å². The van der Waals surface area contributed by atoms with E-state index in [2.05, 4.69) is 23.3 Å². The Morgan fingerprint density at radius 1 is 1.28 bits per heavy atom. The molecule has 0 unspecified atom stereocenters. The van der Waals surface area contributed by atoms with Gasteiger partial charge in [0.25, 0.3) is 5.82 Å². The monoisotopic (exact) mass is 418 g/mol. The third-order valence-electron chi connectivity index (χ3n) is 5.34. The topological polar surface area (TPSA) is 82.0 Å². The van der Waals surface area contributed by atoms with Gasteiger partial charge < -0.3 is 9.47 Å². The maximum absolute atomic E-state index is 12.6. The van der Waals surface area contributed by atoms with E-state index in [4.69, 9.17) is 9.47 Å². The molecule has 0 aliphatic carbocycles. The van der Waals surface area contributed by atoms with Crippen LogP contribution in [0.4, 0.5) is 5.82 Å². The van der Waals surface area contributed by atoms with Crippen LogP contribution in [0.2, 0.25) is 0 Å². The number of nitrogens with one attached hydrogen (secondary N) is 2. The van der Waals surface area contributed by atoms with E-state index in [1.54, 1.807) is 22.6 Å². The van der Waals surface area contributed by atoms with Gasteiger partial charge in [-0.1, -0.05) is 0 Å². The van der Waals surface area contributed by atoms with Crippen LogP contribution in [-0.2, 0) is 23.0 Å². The Bertz CT molecular complexity index is 970.